The lowest BCUT2D eigenvalue weighted by Crippen LogP contribution is -2.14. The minimum absolute atomic E-state index is 0.336. The molecule has 96 valence electrons. The number of hydrogen-bond donors (Lipinski definition) is 2. The normalized spacial score (nSPS) is 10.8. The van der Waals surface area contributed by atoms with E-state index in [1.807, 2.05) is 6.92 Å². The van der Waals surface area contributed by atoms with Crippen molar-refractivity contribution in [1.29, 1.82) is 0 Å². The molecule has 2 rings (SSSR count). The standard InChI is InChI=1S/C13H17FN4/c1-3-6-15-8-12-17-9(2)13(18-12)11-5-4-10(14)7-16-11/h4-5,7,15H,3,6,8H2,1-2H3,(H,17,18). The summed E-state index contributed by atoms with van der Waals surface area (Å²) in [5.41, 5.74) is 2.41. The molecule has 2 heterocycles. The molecule has 0 fully saturated rings. The van der Waals surface area contributed by atoms with Gasteiger partial charge in [-0.15, -0.1) is 0 Å². The lowest BCUT2D eigenvalue weighted by molar-refractivity contribution is 0.621. The number of pyridine rings is 1. The summed E-state index contributed by atoms with van der Waals surface area (Å²) in [6.07, 6.45) is 2.30. The van der Waals surface area contributed by atoms with Crippen LogP contribution in [-0.2, 0) is 6.54 Å². The number of aromatic amines is 1. The van der Waals surface area contributed by atoms with E-state index in [1.165, 1.54) is 12.3 Å². The molecule has 0 aliphatic carbocycles. The number of aromatic nitrogens is 3. The first-order valence-corrected chi connectivity index (χ1v) is 6.09. The zero-order valence-corrected chi connectivity index (χ0v) is 10.6. The molecule has 0 aliphatic rings. The van der Waals surface area contributed by atoms with E-state index < -0.39 is 0 Å². The summed E-state index contributed by atoms with van der Waals surface area (Å²) < 4.78 is 12.8. The van der Waals surface area contributed by atoms with Crippen LogP contribution >= 0.6 is 0 Å². The molecule has 5 heteroatoms. The average Bonchev–Trinajstić information content (AvgIpc) is 2.72. The second kappa shape index (κ2) is 5.73. The van der Waals surface area contributed by atoms with E-state index in [2.05, 4.69) is 27.2 Å². The lowest BCUT2D eigenvalue weighted by Gasteiger charge is -1.98. The smallest absolute Gasteiger partial charge is 0.141 e. The van der Waals surface area contributed by atoms with Crippen molar-refractivity contribution in [2.75, 3.05) is 6.54 Å². The van der Waals surface area contributed by atoms with Gasteiger partial charge in [-0.05, 0) is 32.0 Å². The third-order valence-corrected chi connectivity index (χ3v) is 2.62. The van der Waals surface area contributed by atoms with Gasteiger partial charge in [-0.1, -0.05) is 6.92 Å². The van der Waals surface area contributed by atoms with Gasteiger partial charge in [-0.25, -0.2) is 9.37 Å². The Labute approximate surface area is 106 Å². The molecule has 0 bridgehead atoms. The van der Waals surface area contributed by atoms with E-state index in [4.69, 9.17) is 0 Å². The molecule has 0 aromatic carbocycles. The Bertz CT molecular complexity index is 504. The second-order valence-electron chi connectivity index (χ2n) is 4.20. The first-order valence-electron chi connectivity index (χ1n) is 6.09. The molecule has 4 nitrogen and oxygen atoms in total. The van der Waals surface area contributed by atoms with Crippen LogP contribution in [0, 0.1) is 12.7 Å². The summed E-state index contributed by atoms with van der Waals surface area (Å²) in [7, 11) is 0. The van der Waals surface area contributed by atoms with Crippen molar-refractivity contribution in [2.24, 2.45) is 0 Å². The molecule has 2 N–H and O–H groups in total. The van der Waals surface area contributed by atoms with Crippen LogP contribution in [0.3, 0.4) is 0 Å². The fraction of sp³-hybridized carbons (Fsp3) is 0.385. The predicted octanol–water partition coefficient (Wildman–Crippen LogP) is 2.42. The van der Waals surface area contributed by atoms with Crippen molar-refractivity contribution in [3.63, 3.8) is 0 Å². The Morgan fingerprint density at radius 1 is 1.39 bits per heavy atom. The molecule has 0 aliphatic heterocycles. The molecule has 2 aromatic rings. The highest BCUT2D eigenvalue weighted by Gasteiger charge is 2.09. The van der Waals surface area contributed by atoms with E-state index in [9.17, 15) is 4.39 Å². The van der Waals surface area contributed by atoms with Gasteiger partial charge in [0.1, 0.15) is 17.3 Å². The number of rotatable bonds is 5. The highest BCUT2D eigenvalue weighted by Crippen LogP contribution is 2.18. The molecule has 0 unspecified atom stereocenters. The zero-order valence-electron chi connectivity index (χ0n) is 10.6. The first-order chi connectivity index (χ1) is 8.70. The molecule has 2 aromatic heterocycles. The maximum Gasteiger partial charge on any atom is 0.141 e. The van der Waals surface area contributed by atoms with Gasteiger partial charge in [-0.3, -0.25) is 4.98 Å². The second-order valence-corrected chi connectivity index (χ2v) is 4.20. The Balaban J connectivity index is 2.16. The van der Waals surface area contributed by atoms with Crippen molar-refractivity contribution in [3.8, 4) is 11.4 Å². The van der Waals surface area contributed by atoms with Gasteiger partial charge >= 0.3 is 0 Å². The van der Waals surface area contributed by atoms with Crippen molar-refractivity contribution in [2.45, 2.75) is 26.8 Å². The minimum atomic E-state index is -0.336. The predicted molar refractivity (Wildman–Crippen MR) is 68.5 cm³/mol. The minimum Gasteiger partial charge on any atom is -0.344 e. The monoisotopic (exact) mass is 248 g/mol. The Hall–Kier alpha value is -1.75. The van der Waals surface area contributed by atoms with E-state index in [0.29, 0.717) is 12.2 Å². The van der Waals surface area contributed by atoms with Crippen LogP contribution in [0.15, 0.2) is 18.3 Å². The highest BCUT2D eigenvalue weighted by atomic mass is 19.1. The van der Waals surface area contributed by atoms with Gasteiger partial charge in [0.15, 0.2) is 0 Å². The Morgan fingerprint density at radius 2 is 2.22 bits per heavy atom. The maximum absolute atomic E-state index is 12.8. The van der Waals surface area contributed by atoms with Crippen LogP contribution in [0.4, 0.5) is 4.39 Å². The molecular weight excluding hydrogens is 231 g/mol. The number of imidazole rings is 1. The quantitative estimate of drug-likeness (QED) is 0.799. The number of nitrogens with zero attached hydrogens (tertiary/aromatic N) is 2. The molecule has 0 saturated carbocycles. The van der Waals surface area contributed by atoms with Gasteiger partial charge in [0.2, 0.25) is 0 Å². The topological polar surface area (TPSA) is 53.6 Å². The van der Waals surface area contributed by atoms with Crippen LogP contribution in [0.25, 0.3) is 11.4 Å². The van der Waals surface area contributed by atoms with Crippen molar-refractivity contribution < 1.29 is 4.39 Å². The van der Waals surface area contributed by atoms with Crippen LogP contribution in [0.5, 0.6) is 0 Å². The van der Waals surface area contributed by atoms with Crippen LogP contribution < -0.4 is 5.32 Å². The largest absolute Gasteiger partial charge is 0.344 e. The number of halogens is 1. The van der Waals surface area contributed by atoms with Gasteiger partial charge in [-0.2, -0.15) is 0 Å². The van der Waals surface area contributed by atoms with E-state index in [0.717, 1.165) is 30.2 Å². The van der Waals surface area contributed by atoms with Crippen molar-refractivity contribution in [1.82, 2.24) is 20.3 Å². The third-order valence-electron chi connectivity index (χ3n) is 2.62. The Morgan fingerprint density at radius 3 is 2.89 bits per heavy atom. The van der Waals surface area contributed by atoms with E-state index in [1.54, 1.807) is 6.07 Å². The fourth-order valence-corrected chi connectivity index (χ4v) is 1.75. The van der Waals surface area contributed by atoms with Crippen LogP contribution in [0.2, 0.25) is 0 Å². The molecule has 0 atom stereocenters. The first kappa shape index (κ1) is 12.7. The van der Waals surface area contributed by atoms with Gasteiger partial charge in [0, 0.05) is 5.69 Å². The SMILES string of the molecule is CCCNCc1nc(-c2ccc(F)cn2)c(C)[nH]1. The summed E-state index contributed by atoms with van der Waals surface area (Å²) in [5.74, 6) is 0.541. The summed E-state index contributed by atoms with van der Waals surface area (Å²) in [5, 5.41) is 3.28. The molecular formula is C13H17FN4. The lowest BCUT2D eigenvalue weighted by atomic mass is 10.2. The van der Waals surface area contributed by atoms with Gasteiger partial charge < -0.3 is 10.3 Å². The fourth-order valence-electron chi connectivity index (χ4n) is 1.75. The number of H-pyrrole nitrogens is 1. The highest BCUT2D eigenvalue weighted by molar-refractivity contribution is 5.56. The Kier molecular flexibility index (Phi) is 4.04. The molecule has 18 heavy (non-hydrogen) atoms. The van der Waals surface area contributed by atoms with Crippen molar-refractivity contribution >= 4 is 0 Å². The van der Waals surface area contributed by atoms with E-state index >= 15 is 0 Å². The zero-order chi connectivity index (χ0) is 13.0. The number of nitrogens with one attached hydrogen (secondary N) is 2. The third kappa shape index (κ3) is 2.92. The van der Waals surface area contributed by atoms with E-state index in [-0.39, 0.29) is 5.82 Å². The van der Waals surface area contributed by atoms with Crippen LogP contribution in [-0.4, -0.2) is 21.5 Å². The molecule has 0 amide bonds. The van der Waals surface area contributed by atoms with Gasteiger partial charge in [0.05, 0.1) is 18.4 Å². The summed E-state index contributed by atoms with van der Waals surface area (Å²) in [6.45, 7) is 5.73. The molecule has 0 saturated heterocycles. The van der Waals surface area contributed by atoms with Gasteiger partial charge in [0.25, 0.3) is 0 Å². The number of aryl methyl sites for hydroxylation is 1. The maximum atomic E-state index is 12.8. The summed E-state index contributed by atoms with van der Waals surface area (Å²) >= 11 is 0. The summed E-state index contributed by atoms with van der Waals surface area (Å²) in [6, 6.07) is 3.03. The van der Waals surface area contributed by atoms with Crippen molar-refractivity contribution in [3.05, 3.63) is 35.7 Å². The van der Waals surface area contributed by atoms with Crippen LogP contribution in [0.1, 0.15) is 24.9 Å². The molecule has 0 spiro atoms. The summed E-state index contributed by atoms with van der Waals surface area (Å²) in [4.78, 5) is 11.7. The number of hydrogen-bond acceptors (Lipinski definition) is 3. The average molecular weight is 248 g/mol. The molecule has 0 radical (unpaired) electrons.